The van der Waals surface area contributed by atoms with Crippen molar-refractivity contribution >= 4 is 21.6 Å². The maximum atomic E-state index is 12.7. The van der Waals surface area contributed by atoms with Crippen LogP contribution in [-0.4, -0.2) is 55.9 Å². The Bertz CT molecular complexity index is 1150. The Kier molecular flexibility index (Phi) is 6.04. The summed E-state index contributed by atoms with van der Waals surface area (Å²) < 4.78 is 23.2. The first-order valence-electron chi connectivity index (χ1n) is 10.2. The van der Waals surface area contributed by atoms with Crippen molar-refractivity contribution in [2.75, 3.05) is 36.5 Å². The van der Waals surface area contributed by atoms with Crippen LogP contribution in [0.5, 0.6) is 0 Å². The number of carbonyl (C=O) groups excluding carboxylic acids is 1. The molecule has 0 unspecified atom stereocenters. The van der Waals surface area contributed by atoms with Crippen LogP contribution in [0.25, 0.3) is 11.1 Å². The van der Waals surface area contributed by atoms with Gasteiger partial charge in [-0.25, -0.2) is 13.4 Å². The molecular formula is C24H25N3O3S. The Balaban J connectivity index is 1.46. The molecule has 1 aliphatic heterocycles. The molecule has 3 aromatic rings. The molecule has 1 aliphatic rings. The highest BCUT2D eigenvalue weighted by Crippen LogP contribution is 2.25. The second kappa shape index (κ2) is 8.89. The van der Waals surface area contributed by atoms with Gasteiger partial charge in [-0.2, -0.15) is 0 Å². The monoisotopic (exact) mass is 435 g/mol. The van der Waals surface area contributed by atoms with Crippen LogP contribution in [0.1, 0.15) is 15.9 Å². The molecule has 1 fully saturated rings. The fourth-order valence-electron chi connectivity index (χ4n) is 3.73. The number of rotatable bonds is 5. The SMILES string of the molecule is CN(Cc1ccccc1-c1ccccc1)c1ccc(C(=O)N2CCS(=O)(=O)CC2)cn1. The Labute approximate surface area is 183 Å². The van der Waals surface area contributed by atoms with Gasteiger partial charge in [0.05, 0.1) is 17.1 Å². The van der Waals surface area contributed by atoms with Crippen LogP contribution in [0, 0.1) is 0 Å². The number of pyridine rings is 1. The second-order valence-corrected chi connectivity index (χ2v) is 10.0. The van der Waals surface area contributed by atoms with E-state index in [-0.39, 0.29) is 30.5 Å². The van der Waals surface area contributed by atoms with E-state index in [1.165, 1.54) is 16.7 Å². The average Bonchev–Trinajstić information content (AvgIpc) is 2.80. The van der Waals surface area contributed by atoms with Crippen LogP contribution in [0.2, 0.25) is 0 Å². The minimum Gasteiger partial charge on any atom is -0.355 e. The van der Waals surface area contributed by atoms with Gasteiger partial charge in [0, 0.05) is 32.9 Å². The molecule has 160 valence electrons. The van der Waals surface area contributed by atoms with E-state index < -0.39 is 9.84 Å². The maximum absolute atomic E-state index is 12.7. The van der Waals surface area contributed by atoms with E-state index in [0.717, 1.165) is 5.82 Å². The highest BCUT2D eigenvalue weighted by molar-refractivity contribution is 7.91. The minimum absolute atomic E-state index is 0.0216. The molecule has 4 rings (SSSR count). The number of benzene rings is 2. The lowest BCUT2D eigenvalue weighted by molar-refractivity contribution is 0.0770. The van der Waals surface area contributed by atoms with E-state index in [0.29, 0.717) is 12.1 Å². The molecule has 0 spiro atoms. The Morgan fingerprint density at radius 3 is 2.32 bits per heavy atom. The van der Waals surface area contributed by atoms with Crippen LogP contribution in [0.3, 0.4) is 0 Å². The first kappa shape index (κ1) is 21.1. The molecule has 2 heterocycles. The fourth-order valence-corrected chi connectivity index (χ4v) is 4.93. The van der Waals surface area contributed by atoms with Gasteiger partial charge in [0.2, 0.25) is 0 Å². The zero-order valence-electron chi connectivity index (χ0n) is 17.4. The molecule has 7 heteroatoms. The maximum Gasteiger partial charge on any atom is 0.255 e. The number of sulfone groups is 1. The van der Waals surface area contributed by atoms with Gasteiger partial charge in [0.15, 0.2) is 9.84 Å². The quantitative estimate of drug-likeness (QED) is 0.615. The fraction of sp³-hybridized carbons (Fsp3) is 0.250. The predicted octanol–water partition coefficient (Wildman–Crippen LogP) is 3.26. The number of carbonyl (C=O) groups is 1. The number of hydrogen-bond acceptors (Lipinski definition) is 5. The van der Waals surface area contributed by atoms with Gasteiger partial charge in [-0.05, 0) is 28.8 Å². The molecule has 1 saturated heterocycles. The summed E-state index contributed by atoms with van der Waals surface area (Å²) in [4.78, 5) is 20.8. The van der Waals surface area contributed by atoms with Gasteiger partial charge >= 0.3 is 0 Å². The summed E-state index contributed by atoms with van der Waals surface area (Å²) in [5, 5.41) is 0. The lowest BCUT2D eigenvalue weighted by atomic mass is 9.99. The summed E-state index contributed by atoms with van der Waals surface area (Å²) in [5.41, 5.74) is 4.01. The molecule has 31 heavy (non-hydrogen) atoms. The van der Waals surface area contributed by atoms with E-state index in [1.807, 2.05) is 48.3 Å². The lowest BCUT2D eigenvalue weighted by Crippen LogP contribution is -2.43. The Morgan fingerprint density at radius 2 is 1.65 bits per heavy atom. The molecule has 2 aromatic carbocycles. The van der Waals surface area contributed by atoms with Crippen molar-refractivity contribution in [1.29, 1.82) is 0 Å². The smallest absolute Gasteiger partial charge is 0.255 e. The van der Waals surface area contributed by atoms with Crippen molar-refractivity contribution in [2.45, 2.75) is 6.54 Å². The van der Waals surface area contributed by atoms with E-state index in [1.54, 1.807) is 17.2 Å². The van der Waals surface area contributed by atoms with Gasteiger partial charge in [-0.1, -0.05) is 54.6 Å². The number of hydrogen-bond donors (Lipinski definition) is 0. The summed E-state index contributed by atoms with van der Waals surface area (Å²) in [7, 11) is -1.05. The summed E-state index contributed by atoms with van der Waals surface area (Å²) in [5.74, 6) is 0.633. The van der Waals surface area contributed by atoms with Gasteiger partial charge < -0.3 is 9.80 Å². The van der Waals surface area contributed by atoms with Crippen LogP contribution >= 0.6 is 0 Å². The van der Waals surface area contributed by atoms with Crippen molar-refractivity contribution in [1.82, 2.24) is 9.88 Å². The van der Waals surface area contributed by atoms with Crippen LogP contribution in [0.4, 0.5) is 5.82 Å². The summed E-state index contributed by atoms with van der Waals surface area (Å²) in [6.45, 7) is 1.15. The summed E-state index contributed by atoms with van der Waals surface area (Å²) in [6.07, 6.45) is 1.57. The number of anilines is 1. The van der Waals surface area contributed by atoms with E-state index in [4.69, 9.17) is 0 Å². The van der Waals surface area contributed by atoms with Gasteiger partial charge in [0.1, 0.15) is 5.82 Å². The molecule has 0 atom stereocenters. The van der Waals surface area contributed by atoms with Crippen LogP contribution < -0.4 is 4.90 Å². The molecule has 0 saturated carbocycles. The normalized spacial score (nSPS) is 15.5. The number of aromatic nitrogens is 1. The number of nitrogens with zero attached hydrogens (tertiary/aromatic N) is 3. The third-order valence-electron chi connectivity index (χ3n) is 5.53. The largest absolute Gasteiger partial charge is 0.355 e. The molecule has 1 aromatic heterocycles. The van der Waals surface area contributed by atoms with Crippen molar-refractivity contribution in [3.8, 4) is 11.1 Å². The summed E-state index contributed by atoms with van der Waals surface area (Å²) >= 11 is 0. The molecular weight excluding hydrogens is 410 g/mol. The van der Waals surface area contributed by atoms with Crippen LogP contribution in [0.15, 0.2) is 72.9 Å². The molecule has 1 amide bonds. The van der Waals surface area contributed by atoms with Crippen molar-refractivity contribution in [3.05, 3.63) is 84.1 Å². The third-order valence-corrected chi connectivity index (χ3v) is 7.14. The predicted molar refractivity (Wildman–Crippen MR) is 123 cm³/mol. The molecule has 6 nitrogen and oxygen atoms in total. The molecule has 0 radical (unpaired) electrons. The Hall–Kier alpha value is -3.19. The van der Waals surface area contributed by atoms with Crippen LogP contribution in [-0.2, 0) is 16.4 Å². The number of amides is 1. The highest BCUT2D eigenvalue weighted by Gasteiger charge is 2.26. The zero-order valence-corrected chi connectivity index (χ0v) is 18.3. The van der Waals surface area contributed by atoms with Gasteiger partial charge in [-0.15, -0.1) is 0 Å². The molecule has 0 aliphatic carbocycles. The standard InChI is InChI=1S/C24H25N3O3S/c1-26(18-21-9-5-6-10-22(21)19-7-3-2-4-8-19)23-12-11-20(17-25-23)24(28)27-13-15-31(29,30)16-14-27/h2-12,17H,13-16,18H2,1H3. The van der Waals surface area contributed by atoms with E-state index in [2.05, 4.69) is 29.2 Å². The average molecular weight is 436 g/mol. The van der Waals surface area contributed by atoms with Crippen molar-refractivity contribution in [2.24, 2.45) is 0 Å². The molecule has 0 N–H and O–H groups in total. The minimum atomic E-state index is -3.02. The first-order valence-corrected chi connectivity index (χ1v) is 12.1. The Morgan fingerprint density at radius 1 is 0.968 bits per heavy atom. The second-order valence-electron chi connectivity index (χ2n) is 7.73. The zero-order chi connectivity index (χ0) is 21.8. The summed E-state index contributed by atoms with van der Waals surface area (Å²) in [6, 6.07) is 22.2. The highest BCUT2D eigenvalue weighted by atomic mass is 32.2. The van der Waals surface area contributed by atoms with E-state index in [9.17, 15) is 13.2 Å². The molecule has 0 bridgehead atoms. The van der Waals surface area contributed by atoms with E-state index >= 15 is 0 Å². The van der Waals surface area contributed by atoms with Gasteiger partial charge in [0.25, 0.3) is 5.91 Å². The van der Waals surface area contributed by atoms with Crippen molar-refractivity contribution in [3.63, 3.8) is 0 Å². The third kappa shape index (κ3) is 4.94. The first-order chi connectivity index (χ1) is 14.9. The van der Waals surface area contributed by atoms with Crippen molar-refractivity contribution < 1.29 is 13.2 Å². The lowest BCUT2D eigenvalue weighted by Gasteiger charge is -2.27. The topological polar surface area (TPSA) is 70.6 Å². The van der Waals surface area contributed by atoms with Gasteiger partial charge in [-0.3, -0.25) is 4.79 Å².